The molecule has 15 rings (SSSR count). The van der Waals surface area contributed by atoms with Crippen LogP contribution in [0.25, 0.3) is 16.7 Å². The van der Waals surface area contributed by atoms with Crippen LogP contribution in [0.4, 0.5) is 17.1 Å². The van der Waals surface area contributed by atoms with Crippen LogP contribution in [-0.2, 0) is 76.1 Å². The van der Waals surface area contributed by atoms with Gasteiger partial charge in [-0.1, -0.05) is 149 Å². The summed E-state index contributed by atoms with van der Waals surface area (Å²) >= 11 is 13.2. The monoisotopic (exact) mass is 1760 g/mol. The van der Waals surface area contributed by atoms with Gasteiger partial charge in [0.2, 0.25) is 66.0 Å². The second-order valence-corrected chi connectivity index (χ2v) is 42.9. The fourth-order valence-electron chi connectivity index (χ4n) is 16.2. The Hall–Kier alpha value is -7.31. The Morgan fingerprint density at radius 3 is 1.07 bits per heavy atom. The summed E-state index contributed by atoms with van der Waals surface area (Å²) in [4.78, 5) is 140. The Bertz CT molecular complexity index is 5140. The number of amides is 9. The molecule has 3 saturated heterocycles. The quantitative estimate of drug-likeness (QED) is 0.0912. The van der Waals surface area contributed by atoms with E-state index < -0.39 is 78.5 Å². The number of phenolic OH excluding ortho intramolecular Hbond substituents is 3. The molecule has 36 heteroatoms. The molecule has 12 heterocycles. The first-order valence-electron chi connectivity index (χ1n) is 36.6. The lowest BCUT2D eigenvalue weighted by molar-refractivity contribution is -0.146. The maximum atomic E-state index is 14.4. The summed E-state index contributed by atoms with van der Waals surface area (Å²) in [5.41, 5.74) is 6.23. The number of thioether (sulfide) groups is 9. The van der Waals surface area contributed by atoms with Gasteiger partial charge in [0.05, 0.1) is 65.1 Å². The van der Waals surface area contributed by atoms with Crippen molar-refractivity contribution in [1.82, 2.24) is 14.7 Å². The summed E-state index contributed by atoms with van der Waals surface area (Å²) in [7, 11) is 4.79. The van der Waals surface area contributed by atoms with Crippen molar-refractivity contribution in [1.29, 1.82) is 0 Å². The molecular weight excluding hydrogens is 1670 g/mol. The van der Waals surface area contributed by atoms with Gasteiger partial charge in [0.15, 0.2) is 0 Å². The van der Waals surface area contributed by atoms with Crippen molar-refractivity contribution in [3.63, 3.8) is 0 Å². The molecular formula is C79H87N6O20PS9. The van der Waals surface area contributed by atoms with Crippen molar-refractivity contribution in [3.05, 3.63) is 148 Å². The van der Waals surface area contributed by atoms with Crippen molar-refractivity contribution < 1.29 is 96.4 Å². The smallest absolute Gasteiger partial charge is 0.337 e. The number of methoxy groups -OCH3 is 6. The minimum absolute atomic E-state index is 0.0306. The topological polar surface area (TPSA) is 326 Å². The molecule has 0 bridgehead atoms. The van der Waals surface area contributed by atoms with E-state index in [0.29, 0.717) is 69.7 Å². The van der Waals surface area contributed by atoms with Gasteiger partial charge in [-0.25, -0.2) is 4.67 Å². The number of allylic oxidation sites excluding steroid dienone is 3. The van der Waals surface area contributed by atoms with E-state index in [1.165, 1.54) is 50.7 Å². The van der Waals surface area contributed by atoms with Gasteiger partial charge in [-0.05, 0) is 139 Å². The van der Waals surface area contributed by atoms with Gasteiger partial charge in [0, 0.05) is 81.7 Å². The third-order valence-electron chi connectivity index (χ3n) is 22.5. The molecule has 5 atom stereocenters. The normalized spacial score (nSPS) is 24.4. The first-order valence-corrected chi connectivity index (χ1v) is 45.5. The Morgan fingerprint density at radius 2 is 0.722 bits per heavy atom. The number of para-hydroxylation sites is 3. The van der Waals surface area contributed by atoms with E-state index in [9.17, 15) is 67.9 Å². The predicted molar refractivity (Wildman–Crippen MR) is 457 cm³/mol. The molecule has 26 nitrogen and oxygen atoms in total. The lowest BCUT2D eigenvalue weighted by atomic mass is 9.81. The van der Waals surface area contributed by atoms with E-state index in [0.717, 1.165) is 84.4 Å². The number of nitrogens with zero attached hydrogens (tertiary/aromatic N) is 6. The first kappa shape index (κ1) is 85.6. The van der Waals surface area contributed by atoms with Crippen LogP contribution in [0.1, 0.15) is 152 Å². The largest absolute Gasteiger partial charge is 0.506 e. The van der Waals surface area contributed by atoms with Crippen molar-refractivity contribution >= 4 is 200 Å². The first-order chi connectivity index (χ1) is 54.3. The Balaban J connectivity index is 0.000000150. The van der Waals surface area contributed by atoms with Crippen molar-refractivity contribution in [3.8, 4) is 17.2 Å². The molecule has 0 aliphatic carbocycles. The maximum absolute atomic E-state index is 14.4. The van der Waals surface area contributed by atoms with Crippen molar-refractivity contribution in [2.24, 2.45) is 0 Å². The number of carbonyl (C=O) groups excluding carboxylic acids is 9. The molecule has 12 aliphatic heterocycles. The van der Waals surface area contributed by atoms with E-state index >= 15 is 0 Å². The van der Waals surface area contributed by atoms with Crippen LogP contribution in [0.15, 0.2) is 131 Å². The third kappa shape index (κ3) is 13.1. The van der Waals surface area contributed by atoms with Gasteiger partial charge in [-0.15, -0.1) is 0 Å². The zero-order valence-corrected chi connectivity index (χ0v) is 74.7. The van der Waals surface area contributed by atoms with E-state index in [4.69, 9.17) is 28.4 Å². The van der Waals surface area contributed by atoms with Gasteiger partial charge in [0.1, 0.15) is 57.9 Å². The number of rotatable bonds is 13. The second-order valence-electron chi connectivity index (χ2n) is 29.1. The summed E-state index contributed by atoms with van der Waals surface area (Å²) in [6.45, 7) is 24.5. The third-order valence-corrected chi connectivity index (χ3v) is 39.1. The zero-order valence-electron chi connectivity index (χ0n) is 66.5. The molecule has 0 saturated carbocycles. The van der Waals surface area contributed by atoms with Crippen LogP contribution >= 0.6 is 113 Å². The number of hydrogen-bond donors (Lipinski definition) is 4. The summed E-state index contributed by atoms with van der Waals surface area (Å²) in [6.07, 6.45) is 0.880. The molecule has 12 aliphatic rings. The molecule has 9 amide bonds. The van der Waals surface area contributed by atoms with Gasteiger partial charge in [-0.3, -0.25) is 72.2 Å². The highest BCUT2D eigenvalue weighted by Gasteiger charge is 2.63. The number of imide groups is 3. The molecule has 612 valence electrons. The molecule has 0 radical (unpaired) electrons. The number of phenols is 3. The summed E-state index contributed by atoms with van der Waals surface area (Å²) in [6, 6.07) is 11.7. The van der Waals surface area contributed by atoms with Crippen LogP contribution in [-0.4, -0.2) is 172 Å². The highest BCUT2D eigenvalue weighted by Crippen LogP contribution is 2.79. The number of fused-ring (bicyclic) bond motifs is 9. The molecule has 3 aromatic rings. The molecule has 115 heavy (non-hydrogen) atoms. The molecule has 5 unspecified atom stereocenters. The van der Waals surface area contributed by atoms with Crippen molar-refractivity contribution in [2.45, 2.75) is 176 Å². The maximum Gasteiger partial charge on any atom is 0.337 e. The van der Waals surface area contributed by atoms with Crippen LogP contribution < -0.4 is 14.5 Å². The Labute approximate surface area is 704 Å². The van der Waals surface area contributed by atoms with Crippen LogP contribution in [0, 0.1) is 0 Å². The highest BCUT2D eigenvalue weighted by atomic mass is 32.2. The van der Waals surface area contributed by atoms with Crippen molar-refractivity contribution in [2.75, 3.05) is 57.1 Å². The SMILES string of the molecule is CCC1(C)C2=C(c3cccc(O)c3N1C(=O)C(C)N1C(=O)CCC1=O)C1(SC(OC)=C(OC)S1)C(C)=C(C)S2.COC1=C(OC)SC2(S1)C(C)=C(C)SC1=C2c2cccc(O)c2N(C(=O)C(C)N2C(=O)CCC2=O)C1(C)C.COC1=C(OC)SC2(S1)C(C)=C(C)SC1=C2c2cccc(O)c2N(C(=O)C(C)N2C(=O)CCC2=O)P1(=O)O. The van der Waals surface area contributed by atoms with E-state index in [1.807, 2.05) is 53.7 Å². The lowest BCUT2D eigenvalue weighted by Crippen LogP contribution is -2.59. The van der Waals surface area contributed by atoms with Gasteiger partial charge < -0.3 is 48.6 Å². The molecule has 4 N–H and O–H groups in total. The number of ether oxygens (including phenoxy) is 6. The van der Waals surface area contributed by atoms with Gasteiger partial charge in [-0.2, -0.15) is 0 Å². The lowest BCUT2D eigenvalue weighted by Gasteiger charge is -2.52. The fraction of sp³-hybridized carbons (Fsp3) is 0.430. The van der Waals surface area contributed by atoms with Gasteiger partial charge >= 0.3 is 7.52 Å². The second kappa shape index (κ2) is 31.4. The van der Waals surface area contributed by atoms with Gasteiger partial charge in [0.25, 0.3) is 17.7 Å². The van der Waals surface area contributed by atoms with Crippen LogP contribution in [0.2, 0.25) is 0 Å². The minimum atomic E-state index is -4.72. The molecule has 3 spiro atoms. The molecule has 0 aromatic heterocycles. The van der Waals surface area contributed by atoms with Crippen LogP contribution in [0.5, 0.6) is 17.2 Å². The number of carbonyl (C=O) groups is 9. The summed E-state index contributed by atoms with van der Waals surface area (Å²) in [5.74, 6) is -4.70. The average molecular weight is 1760 g/mol. The number of benzene rings is 3. The summed E-state index contributed by atoms with van der Waals surface area (Å²) in [5, 5.41) is 37.3. The van der Waals surface area contributed by atoms with Crippen LogP contribution in [0.3, 0.4) is 0 Å². The highest BCUT2D eigenvalue weighted by molar-refractivity contribution is 8.27. The number of hydrogen-bond acceptors (Lipinski definition) is 28. The standard InChI is InChI=1S/C28H32N2O6S3.C27H30N2O6S3.C24H25N2O8PS3/c1-8-27(5)23-21(28(14(2)16(4)37-23)38-25(35-6)26(36-7)39-28)17-10-9-11-18(31)22(17)30(27)24(34)15(3)29-19(32)12-13-20(29)33;1-13-15(3)36-22-20(27(13)37-24(34-6)25(35-7)38-27)16-9-8-10-17(30)21(16)29(26(22,4)5)23(33)14(2)28-18(31)11-12-19(28)32;1-11-13(3)36-23-18(24(11)37-21(33-4)22(34-5)38-24)14-7-6-8-15(27)19(14)26(35(23,31)32)20(30)12(2)25-16(28)9-10-17(25)29/h9-11,15,31H,8,12-13H2,1-7H3;8-10,14,30H,11-12H2,1-7H3;6-8,12,27H,9-10H2,1-5H3,(H,31,32). The fourth-order valence-corrected chi connectivity index (χ4v) is 33.0. The summed E-state index contributed by atoms with van der Waals surface area (Å²) < 4.78 is 46.9. The van der Waals surface area contributed by atoms with E-state index in [-0.39, 0.29) is 89.7 Å². The number of likely N-dealkylation sites (tertiary alicyclic amines) is 3. The van der Waals surface area contributed by atoms with E-state index in [1.54, 1.807) is 159 Å². The average Bonchev–Trinajstić information content (AvgIpc) is 1.69. The molecule has 3 fully saturated rings. The Morgan fingerprint density at radius 1 is 0.435 bits per heavy atom. The number of anilines is 3. The predicted octanol–water partition coefficient (Wildman–Crippen LogP) is 16.0. The molecule has 3 aromatic carbocycles. The Kier molecular flexibility index (Phi) is 23.4. The zero-order chi connectivity index (χ0) is 83.9. The minimum Gasteiger partial charge on any atom is -0.506 e. The van der Waals surface area contributed by atoms with E-state index in [2.05, 4.69) is 27.7 Å². The number of aromatic hydroxyl groups is 3.